The van der Waals surface area contributed by atoms with E-state index in [1.807, 2.05) is 13.8 Å². The van der Waals surface area contributed by atoms with Gasteiger partial charge in [-0.25, -0.2) is 13.6 Å². The highest BCUT2D eigenvalue weighted by Crippen LogP contribution is 2.56. The number of H-pyrrole nitrogens is 1. The normalized spacial score (nSPS) is 18.5. The van der Waals surface area contributed by atoms with Crippen molar-refractivity contribution in [2.24, 2.45) is 0 Å². The SMILES string of the molecule is Cc1ccc(F)c(NC(=O)N2Cc3c(NC(=O)C4([Si](C)(C)C)CCC4)n[nH]c3C2(C)C)c1F. The van der Waals surface area contributed by atoms with Crippen LogP contribution in [-0.2, 0) is 16.9 Å². The monoisotopic (exact) mass is 475 g/mol. The number of hydrogen-bond donors (Lipinski definition) is 3. The molecule has 1 fully saturated rings. The number of nitrogens with zero attached hydrogens (tertiary/aromatic N) is 2. The van der Waals surface area contributed by atoms with Crippen LogP contribution in [0.5, 0.6) is 0 Å². The minimum absolute atomic E-state index is 0.00757. The molecule has 0 unspecified atom stereocenters. The zero-order valence-electron chi connectivity index (χ0n) is 19.9. The molecule has 0 atom stereocenters. The molecule has 0 bridgehead atoms. The highest BCUT2D eigenvalue weighted by molar-refractivity contribution is 6.83. The van der Waals surface area contributed by atoms with Gasteiger partial charge in [0.1, 0.15) is 11.5 Å². The van der Waals surface area contributed by atoms with Crippen LogP contribution in [0.4, 0.5) is 25.1 Å². The summed E-state index contributed by atoms with van der Waals surface area (Å²) in [6.45, 7) is 11.9. The number of urea groups is 1. The maximum absolute atomic E-state index is 14.4. The lowest BCUT2D eigenvalue weighted by Crippen LogP contribution is -2.52. The van der Waals surface area contributed by atoms with Crippen molar-refractivity contribution >= 4 is 31.5 Å². The summed E-state index contributed by atoms with van der Waals surface area (Å²) in [4.78, 5) is 27.8. The number of benzene rings is 1. The van der Waals surface area contributed by atoms with Gasteiger partial charge in [0, 0.05) is 10.6 Å². The Morgan fingerprint density at radius 1 is 1.15 bits per heavy atom. The minimum Gasteiger partial charge on any atom is -0.309 e. The summed E-state index contributed by atoms with van der Waals surface area (Å²) in [5.74, 6) is -1.23. The third-order valence-electron chi connectivity index (χ3n) is 7.54. The highest BCUT2D eigenvalue weighted by atomic mass is 28.3. The van der Waals surface area contributed by atoms with Crippen molar-refractivity contribution in [1.82, 2.24) is 15.1 Å². The molecular formula is C23H31F2N5O2Si. The number of aromatic nitrogens is 2. The third kappa shape index (κ3) is 3.55. The Balaban J connectivity index is 1.57. The van der Waals surface area contributed by atoms with Crippen molar-refractivity contribution in [2.75, 3.05) is 10.6 Å². The topological polar surface area (TPSA) is 90.1 Å². The predicted molar refractivity (Wildman–Crippen MR) is 126 cm³/mol. The lowest BCUT2D eigenvalue weighted by Gasteiger charge is -2.48. The van der Waals surface area contributed by atoms with E-state index >= 15 is 0 Å². The van der Waals surface area contributed by atoms with Gasteiger partial charge >= 0.3 is 6.03 Å². The zero-order chi connectivity index (χ0) is 24.3. The summed E-state index contributed by atoms with van der Waals surface area (Å²) in [5, 5.41) is 12.4. The molecule has 2 heterocycles. The molecule has 1 saturated carbocycles. The van der Waals surface area contributed by atoms with E-state index < -0.39 is 37.0 Å². The first-order valence-corrected chi connectivity index (χ1v) is 14.7. The summed E-state index contributed by atoms with van der Waals surface area (Å²) < 4.78 is 28.6. The number of nitrogens with one attached hydrogen (secondary N) is 3. The van der Waals surface area contributed by atoms with Crippen molar-refractivity contribution in [3.8, 4) is 0 Å². The molecule has 33 heavy (non-hydrogen) atoms. The Labute approximate surface area is 193 Å². The highest BCUT2D eigenvalue weighted by Gasteiger charge is 2.54. The van der Waals surface area contributed by atoms with Gasteiger partial charge in [0.2, 0.25) is 5.91 Å². The van der Waals surface area contributed by atoms with E-state index in [0.717, 1.165) is 25.3 Å². The fourth-order valence-corrected chi connectivity index (χ4v) is 7.56. The number of amides is 3. The minimum atomic E-state index is -1.76. The molecule has 10 heteroatoms. The number of hydrogen-bond acceptors (Lipinski definition) is 3. The molecule has 3 N–H and O–H groups in total. The number of fused-ring (bicyclic) bond motifs is 1. The first kappa shape index (κ1) is 23.4. The predicted octanol–water partition coefficient (Wildman–Crippen LogP) is 5.48. The van der Waals surface area contributed by atoms with Crippen LogP contribution in [0.3, 0.4) is 0 Å². The van der Waals surface area contributed by atoms with Crippen molar-refractivity contribution < 1.29 is 18.4 Å². The van der Waals surface area contributed by atoms with Gasteiger partial charge in [-0.15, -0.1) is 0 Å². The van der Waals surface area contributed by atoms with E-state index in [-0.39, 0.29) is 23.1 Å². The Kier molecular flexibility index (Phi) is 5.42. The van der Waals surface area contributed by atoms with Crippen LogP contribution in [0, 0.1) is 18.6 Å². The second kappa shape index (κ2) is 7.65. The van der Waals surface area contributed by atoms with Crippen LogP contribution >= 0.6 is 0 Å². The summed E-state index contributed by atoms with van der Waals surface area (Å²) in [7, 11) is -1.76. The fraction of sp³-hybridized carbons (Fsp3) is 0.522. The number of rotatable bonds is 4. The summed E-state index contributed by atoms with van der Waals surface area (Å²) >= 11 is 0. The molecule has 0 radical (unpaired) electrons. The van der Waals surface area contributed by atoms with Gasteiger partial charge in [0.05, 0.1) is 25.9 Å². The molecule has 3 amide bonds. The smallest absolute Gasteiger partial charge is 0.309 e. The van der Waals surface area contributed by atoms with Crippen LogP contribution in [0.25, 0.3) is 0 Å². The van der Waals surface area contributed by atoms with Gasteiger partial charge in [-0.1, -0.05) is 32.1 Å². The molecule has 0 spiro atoms. The van der Waals surface area contributed by atoms with E-state index in [2.05, 4.69) is 40.5 Å². The number of aryl methyl sites for hydroxylation is 1. The second-order valence-corrected chi connectivity index (χ2v) is 16.2. The van der Waals surface area contributed by atoms with Gasteiger partial charge in [-0.05, 0) is 45.2 Å². The van der Waals surface area contributed by atoms with Crippen molar-refractivity contribution in [2.45, 2.75) is 76.8 Å². The average molecular weight is 476 g/mol. The lowest BCUT2D eigenvalue weighted by atomic mass is 9.83. The van der Waals surface area contributed by atoms with Crippen LogP contribution < -0.4 is 10.6 Å². The van der Waals surface area contributed by atoms with Gasteiger partial charge in [-0.3, -0.25) is 9.89 Å². The summed E-state index contributed by atoms with van der Waals surface area (Å²) in [6, 6.07) is 1.81. The Bertz CT molecular complexity index is 1130. The molecule has 178 valence electrons. The second-order valence-electron chi connectivity index (χ2n) is 10.7. The van der Waals surface area contributed by atoms with E-state index in [1.165, 1.54) is 17.9 Å². The summed E-state index contributed by atoms with van der Waals surface area (Å²) in [5.41, 5.74) is 0.339. The number of carbonyl (C=O) groups is 2. The van der Waals surface area contributed by atoms with Crippen LogP contribution in [0.15, 0.2) is 12.1 Å². The third-order valence-corrected chi connectivity index (χ3v) is 11.1. The number of anilines is 2. The Hall–Kier alpha value is -2.75. The van der Waals surface area contributed by atoms with E-state index in [0.29, 0.717) is 17.1 Å². The van der Waals surface area contributed by atoms with E-state index in [1.54, 1.807) is 0 Å². The van der Waals surface area contributed by atoms with E-state index in [4.69, 9.17) is 0 Å². The molecule has 1 aliphatic heterocycles. The molecule has 7 nitrogen and oxygen atoms in total. The molecule has 2 aromatic rings. The van der Waals surface area contributed by atoms with Crippen molar-refractivity contribution in [3.63, 3.8) is 0 Å². The number of halogens is 2. The quantitative estimate of drug-likeness (QED) is 0.512. The zero-order valence-corrected chi connectivity index (χ0v) is 20.9. The molecule has 2 aliphatic rings. The fourth-order valence-electron chi connectivity index (χ4n) is 4.97. The number of aromatic amines is 1. The van der Waals surface area contributed by atoms with E-state index in [9.17, 15) is 18.4 Å². The molecular weight excluding hydrogens is 444 g/mol. The van der Waals surface area contributed by atoms with Crippen LogP contribution in [0.1, 0.15) is 49.9 Å². The molecule has 0 saturated heterocycles. The van der Waals surface area contributed by atoms with Gasteiger partial charge in [0.25, 0.3) is 0 Å². The molecule has 4 rings (SSSR count). The first-order valence-electron chi connectivity index (χ1n) is 11.2. The largest absolute Gasteiger partial charge is 0.323 e. The molecule has 1 aromatic carbocycles. The van der Waals surface area contributed by atoms with Gasteiger partial charge in [-0.2, -0.15) is 5.10 Å². The maximum atomic E-state index is 14.4. The van der Waals surface area contributed by atoms with Crippen LogP contribution in [0.2, 0.25) is 24.7 Å². The van der Waals surface area contributed by atoms with Crippen molar-refractivity contribution in [1.29, 1.82) is 0 Å². The summed E-state index contributed by atoms with van der Waals surface area (Å²) in [6.07, 6.45) is 2.81. The van der Waals surface area contributed by atoms with Gasteiger partial charge < -0.3 is 15.5 Å². The maximum Gasteiger partial charge on any atom is 0.323 e. The molecule has 1 aliphatic carbocycles. The van der Waals surface area contributed by atoms with Crippen LogP contribution in [-0.4, -0.2) is 35.1 Å². The van der Waals surface area contributed by atoms with Crippen molar-refractivity contribution in [3.05, 3.63) is 40.6 Å². The number of carbonyl (C=O) groups excluding carboxylic acids is 2. The standard InChI is InChI=1S/C23H31F2N5O2Si/c1-13-8-9-15(24)17(16(13)25)26-21(32)30-12-14-18(22(30,2)3)28-29-19(14)27-20(31)23(10-7-11-23)33(4,5)6/h8-9H,7,10-12H2,1-6H3,(H,26,32)(H2,27,28,29,31). The average Bonchev–Trinajstić information content (AvgIpc) is 3.18. The Morgan fingerprint density at radius 3 is 2.39 bits per heavy atom. The lowest BCUT2D eigenvalue weighted by molar-refractivity contribution is -0.121. The Morgan fingerprint density at radius 2 is 1.82 bits per heavy atom. The first-order chi connectivity index (χ1) is 15.3. The van der Waals surface area contributed by atoms with Gasteiger partial charge in [0.15, 0.2) is 11.6 Å². The molecule has 1 aromatic heterocycles.